The number of nitrogens with zero attached hydrogens (tertiary/aromatic N) is 3. The molecule has 0 aliphatic carbocycles. The molecule has 0 aliphatic rings. The fourth-order valence-corrected chi connectivity index (χ4v) is 1.56. The van der Waals surface area contributed by atoms with Crippen LogP contribution < -0.4 is 5.73 Å². The molecule has 0 radical (unpaired) electrons. The van der Waals surface area contributed by atoms with Gasteiger partial charge in [-0.15, -0.1) is 5.10 Å². The van der Waals surface area contributed by atoms with E-state index in [1.54, 1.807) is 0 Å². The number of anilines is 1. The first kappa shape index (κ1) is 13.1. The molecule has 0 amide bonds. The van der Waals surface area contributed by atoms with E-state index >= 15 is 0 Å². The van der Waals surface area contributed by atoms with Gasteiger partial charge in [-0.1, -0.05) is 5.21 Å². The van der Waals surface area contributed by atoms with E-state index in [-0.39, 0.29) is 16.9 Å². The van der Waals surface area contributed by atoms with Gasteiger partial charge in [-0.2, -0.15) is 13.2 Å². The lowest BCUT2D eigenvalue weighted by Gasteiger charge is -2.10. The third-order valence-electron chi connectivity index (χ3n) is 2.57. The van der Waals surface area contributed by atoms with Crippen LogP contribution in [0.2, 0.25) is 0 Å². The Hall–Kier alpha value is -2.38. The van der Waals surface area contributed by atoms with Gasteiger partial charge in [-0.05, 0) is 18.2 Å². The molecule has 5 nitrogen and oxygen atoms in total. The summed E-state index contributed by atoms with van der Waals surface area (Å²) in [5.74, 6) is -0.656. The van der Waals surface area contributed by atoms with E-state index in [9.17, 15) is 18.0 Å². The molecule has 0 saturated heterocycles. The molecule has 8 heteroatoms. The zero-order valence-electron chi connectivity index (χ0n) is 9.77. The number of halogens is 3. The molecule has 0 spiro atoms. The van der Waals surface area contributed by atoms with Crippen LogP contribution >= 0.6 is 0 Å². The molecule has 0 aliphatic heterocycles. The number of nitrogen functional groups attached to an aromatic ring is 1. The summed E-state index contributed by atoms with van der Waals surface area (Å²) in [5, 5.41) is 7.05. The number of carbonyl (C=O) groups is 1. The van der Waals surface area contributed by atoms with Crippen LogP contribution in [0.4, 0.5) is 18.9 Å². The highest BCUT2D eigenvalue weighted by Gasteiger charge is 2.32. The minimum atomic E-state index is -4.53. The molecule has 2 rings (SSSR count). The van der Waals surface area contributed by atoms with Gasteiger partial charge in [0.2, 0.25) is 5.78 Å². The second-order valence-corrected chi connectivity index (χ2v) is 3.87. The summed E-state index contributed by atoms with van der Waals surface area (Å²) in [6.45, 7) is 0. The Morgan fingerprint density at radius 2 is 2.05 bits per heavy atom. The number of alkyl halides is 3. The minimum Gasteiger partial charge on any atom is -0.398 e. The predicted molar refractivity (Wildman–Crippen MR) is 60.3 cm³/mol. The first-order valence-corrected chi connectivity index (χ1v) is 5.17. The smallest absolute Gasteiger partial charge is 0.398 e. The Balaban J connectivity index is 2.51. The van der Waals surface area contributed by atoms with Crippen LogP contribution in [-0.4, -0.2) is 20.8 Å². The number of rotatable bonds is 2. The minimum absolute atomic E-state index is 0.0285. The molecule has 1 aromatic heterocycles. The maximum Gasteiger partial charge on any atom is 0.416 e. The van der Waals surface area contributed by atoms with E-state index in [0.29, 0.717) is 0 Å². The van der Waals surface area contributed by atoms with E-state index in [1.807, 2.05) is 0 Å². The van der Waals surface area contributed by atoms with Crippen LogP contribution in [0.15, 0.2) is 24.4 Å². The van der Waals surface area contributed by atoms with Crippen molar-refractivity contribution in [3.05, 3.63) is 41.2 Å². The van der Waals surface area contributed by atoms with Crippen LogP contribution in [0.3, 0.4) is 0 Å². The summed E-state index contributed by atoms with van der Waals surface area (Å²) in [7, 11) is 1.46. The number of ketones is 1. The maximum absolute atomic E-state index is 12.6. The highest BCUT2D eigenvalue weighted by Crippen LogP contribution is 2.31. The van der Waals surface area contributed by atoms with Gasteiger partial charge in [0.05, 0.1) is 11.8 Å². The highest BCUT2D eigenvalue weighted by molar-refractivity contribution is 6.11. The van der Waals surface area contributed by atoms with Gasteiger partial charge >= 0.3 is 6.18 Å². The number of carbonyl (C=O) groups excluding carboxylic acids is 1. The average molecular weight is 270 g/mol. The largest absolute Gasteiger partial charge is 0.416 e. The van der Waals surface area contributed by atoms with Crippen molar-refractivity contribution in [2.75, 3.05) is 5.73 Å². The van der Waals surface area contributed by atoms with Crippen LogP contribution in [0.25, 0.3) is 0 Å². The SMILES string of the molecule is Cn1nncc1C(=O)c1cc(C(F)(F)F)ccc1N. The molecule has 1 aromatic carbocycles. The third-order valence-corrected chi connectivity index (χ3v) is 2.57. The highest BCUT2D eigenvalue weighted by atomic mass is 19.4. The Morgan fingerprint density at radius 1 is 1.37 bits per heavy atom. The summed E-state index contributed by atoms with van der Waals surface area (Å²) in [6.07, 6.45) is -3.37. The van der Waals surface area contributed by atoms with Crippen LogP contribution in [0, 0.1) is 0 Å². The Morgan fingerprint density at radius 3 is 2.58 bits per heavy atom. The zero-order chi connectivity index (χ0) is 14.2. The molecule has 0 bridgehead atoms. The summed E-state index contributed by atoms with van der Waals surface area (Å²) < 4.78 is 39.0. The molecule has 0 atom stereocenters. The van der Waals surface area contributed by atoms with E-state index in [0.717, 1.165) is 18.2 Å². The van der Waals surface area contributed by atoms with Crippen molar-refractivity contribution in [2.24, 2.45) is 7.05 Å². The van der Waals surface area contributed by atoms with Crippen molar-refractivity contribution in [2.45, 2.75) is 6.18 Å². The zero-order valence-corrected chi connectivity index (χ0v) is 9.77. The normalized spacial score (nSPS) is 11.6. The maximum atomic E-state index is 12.6. The lowest BCUT2D eigenvalue weighted by molar-refractivity contribution is -0.137. The first-order chi connectivity index (χ1) is 8.80. The molecule has 1 heterocycles. The fraction of sp³-hybridized carbons (Fsp3) is 0.182. The van der Waals surface area contributed by atoms with Gasteiger partial charge in [0.15, 0.2) is 0 Å². The summed E-state index contributed by atoms with van der Waals surface area (Å²) in [4.78, 5) is 12.1. The molecular weight excluding hydrogens is 261 g/mol. The Kier molecular flexibility index (Phi) is 3.01. The van der Waals surface area contributed by atoms with Gasteiger partial charge in [0.25, 0.3) is 0 Å². The van der Waals surface area contributed by atoms with Crippen LogP contribution in [-0.2, 0) is 13.2 Å². The number of benzene rings is 1. The van der Waals surface area contributed by atoms with E-state index in [2.05, 4.69) is 10.3 Å². The van der Waals surface area contributed by atoms with Crippen LogP contribution in [0.1, 0.15) is 21.6 Å². The van der Waals surface area contributed by atoms with Crippen molar-refractivity contribution in [3.63, 3.8) is 0 Å². The molecule has 2 N–H and O–H groups in total. The van der Waals surface area contributed by atoms with Gasteiger partial charge < -0.3 is 5.73 Å². The second kappa shape index (κ2) is 4.38. The van der Waals surface area contributed by atoms with Crippen LogP contribution in [0.5, 0.6) is 0 Å². The van der Waals surface area contributed by atoms with Gasteiger partial charge in [-0.25, -0.2) is 4.68 Å². The molecule has 0 unspecified atom stereocenters. The van der Waals surface area contributed by atoms with Crippen molar-refractivity contribution in [3.8, 4) is 0 Å². The molecule has 19 heavy (non-hydrogen) atoms. The number of aryl methyl sites for hydroxylation is 1. The monoisotopic (exact) mass is 270 g/mol. The average Bonchev–Trinajstić information content (AvgIpc) is 2.73. The van der Waals surface area contributed by atoms with Crippen molar-refractivity contribution >= 4 is 11.5 Å². The lowest BCUT2D eigenvalue weighted by Crippen LogP contribution is -2.13. The number of aromatic nitrogens is 3. The quantitative estimate of drug-likeness (QED) is 0.665. The van der Waals surface area contributed by atoms with E-state index in [4.69, 9.17) is 5.73 Å². The van der Waals surface area contributed by atoms with Gasteiger partial charge in [0.1, 0.15) is 5.69 Å². The fourth-order valence-electron chi connectivity index (χ4n) is 1.56. The molecule has 0 fully saturated rings. The topological polar surface area (TPSA) is 73.8 Å². The first-order valence-electron chi connectivity index (χ1n) is 5.17. The van der Waals surface area contributed by atoms with E-state index < -0.39 is 17.5 Å². The number of hydrogen-bond donors (Lipinski definition) is 1. The van der Waals surface area contributed by atoms with Crippen molar-refractivity contribution < 1.29 is 18.0 Å². The van der Waals surface area contributed by atoms with Crippen molar-refractivity contribution in [1.82, 2.24) is 15.0 Å². The lowest BCUT2D eigenvalue weighted by atomic mass is 10.0. The van der Waals surface area contributed by atoms with Gasteiger partial charge in [0, 0.05) is 18.3 Å². The summed E-state index contributed by atoms with van der Waals surface area (Å²) >= 11 is 0. The summed E-state index contributed by atoms with van der Waals surface area (Å²) in [5.41, 5.74) is 4.43. The summed E-state index contributed by atoms with van der Waals surface area (Å²) in [6, 6.07) is 2.61. The third kappa shape index (κ3) is 2.42. The second-order valence-electron chi connectivity index (χ2n) is 3.87. The van der Waals surface area contributed by atoms with Crippen molar-refractivity contribution in [1.29, 1.82) is 0 Å². The number of nitrogens with two attached hydrogens (primary N) is 1. The molecule has 0 saturated carbocycles. The standard InChI is InChI=1S/C11H9F3N4O/c1-18-9(5-16-17-18)10(19)7-4-6(11(12,13)14)2-3-8(7)15/h2-5H,15H2,1H3. The molecular formula is C11H9F3N4O. The van der Waals surface area contributed by atoms with E-state index in [1.165, 1.54) is 17.9 Å². The molecule has 100 valence electrons. The Bertz CT molecular complexity index is 633. The predicted octanol–water partition coefficient (Wildman–Crippen LogP) is 1.65. The van der Waals surface area contributed by atoms with Gasteiger partial charge in [-0.3, -0.25) is 4.79 Å². The molecule has 2 aromatic rings. The Labute approximate surface area is 105 Å². The number of hydrogen-bond acceptors (Lipinski definition) is 4.